The molecule has 0 aromatic carbocycles. The van der Waals surface area contributed by atoms with Crippen LogP contribution in [0.2, 0.25) is 0 Å². The molecule has 0 radical (unpaired) electrons. The van der Waals surface area contributed by atoms with Gasteiger partial charge in [0, 0.05) is 38.1 Å². The van der Waals surface area contributed by atoms with E-state index in [-0.39, 0.29) is 23.1 Å². The molecule has 0 bridgehead atoms. The largest absolute Gasteiger partial charge is 0.378 e. The van der Waals surface area contributed by atoms with Gasteiger partial charge >= 0.3 is 0 Å². The number of hydrogen-bond donors (Lipinski definition) is 0. The zero-order valence-electron chi connectivity index (χ0n) is 14.6. The third-order valence-electron chi connectivity index (χ3n) is 5.85. The highest BCUT2D eigenvalue weighted by molar-refractivity contribution is 5.93. The third kappa shape index (κ3) is 2.62. The van der Waals surface area contributed by atoms with Crippen LogP contribution in [0.4, 0.5) is 0 Å². The second kappa shape index (κ2) is 6.17. The Kier molecular flexibility index (Phi) is 3.79. The Hall–Kier alpha value is -2.25. The number of morpholine rings is 1. The second-order valence-corrected chi connectivity index (χ2v) is 7.49. The molecule has 7 heteroatoms. The lowest BCUT2D eigenvalue weighted by molar-refractivity contribution is -0.0816. The van der Waals surface area contributed by atoms with Crippen molar-refractivity contribution >= 4 is 11.6 Å². The summed E-state index contributed by atoms with van der Waals surface area (Å²) in [5.41, 5.74) is 0.378. The molecule has 0 spiro atoms. The number of pyridine rings is 1. The maximum Gasteiger partial charge on any atom is 0.270 e. The van der Waals surface area contributed by atoms with Crippen LogP contribution in [0, 0.1) is 5.92 Å². The molecule has 0 unspecified atom stereocenters. The van der Waals surface area contributed by atoms with Crippen LogP contribution in [-0.2, 0) is 4.74 Å². The van der Waals surface area contributed by atoms with Crippen LogP contribution < -0.4 is 5.56 Å². The van der Waals surface area contributed by atoms with Gasteiger partial charge in [-0.2, -0.15) is 0 Å². The van der Waals surface area contributed by atoms with E-state index in [1.54, 1.807) is 23.2 Å². The fourth-order valence-electron chi connectivity index (χ4n) is 4.29. The average Bonchev–Trinajstić information content (AvgIpc) is 3.52. The molecular weight excluding hydrogens is 332 g/mol. The van der Waals surface area contributed by atoms with Crippen LogP contribution in [0.3, 0.4) is 0 Å². The van der Waals surface area contributed by atoms with Crippen molar-refractivity contribution in [3.63, 3.8) is 0 Å². The van der Waals surface area contributed by atoms with E-state index in [1.165, 1.54) is 23.4 Å². The summed E-state index contributed by atoms with van der Waals surface area (Å²) in [6.45, 7) is 3.57. The fourth-order valence-corrected chi connectivity index (χ4v) is 4.29. The van der Waals surface area contributed by atoms with E-state index in [4.69, 9.17) is 4.74 Å². The highest BCUT2D eigenvalue weighted by Crippen LogP contribution is 2.38. The molecule has 5 rings (SSSR count). The molecule has 2 atom stereocenters. The number of fused-ring (bicyclic) bond motifs is 2. The molecule has 1 amide bonds. The molecule has 2 aromatic rings. The zero-order chi connectivity index (χ0) is 17.7. The number of carbonyl (C=O) groups excluding carboxylic acids is 1. The third-order valence-corrected chi connectivity index (χ3v) is 5.85. The first kappa shape index (κ1) is 16.0. The highest BCUT2D eigenvalue weighted by Gasteiger charge is 2.43. The van der Waals surface area contributed by atoms with Crippen molar-refractivity contribution in [3.05, 3.63) is 46.5 Å². The summed E-state index contributed by atoms with van der Waals surface area (Å²) in [6, 6.07) is 6.07. The van der Waals surface area contributed by atoms with Gasteiger partial charge in [-0.15, -0.1) is 0 Å². The Balaban J connectivity index is 1.38. The summed E-state index contributed by atoms with van der Waals surface area (Å²) in [4.78, 5) is 34.2. The van der Waals surface area contributed by atoms with Gasteiger partial charge < -0.3 is 9.64 Å². The summed E-state index contributed by atoms with van der Waals surface area (Å²) in [6.07, 6.45) is 5.64. The first-order valence-electron chi connectivity index (χ1n) is 9.31. The Morgan fingerprint density at radius 1 is 1.19 bits per heavy atom. The monoisotopic (exact) mass is 354 g/mol. The predicted molar refractivity (Wildman–Crippen MR) is 95.2 cm³/mol. The van der Waals surface area contributed by atoms with Gasteiger partial charge in [0.2, 0.25) is 0 Å². The van der Waals surface area contributed by atoms with Crippen molar-refractivity contribution < 1.29 is 9.53 Å². The van der Waals surface area contributed by atoms with E-state index in [0.29, 0.717) is 31.4 Å². The molecule has 2 aliphatic heterocycles. The van der Waals surface area contributed by atoms with Crippen molar-refractivity contribution in [2.75, 3.05) is 32.8 Å². The summed E-state index contributed by atoms with van der Waals surface area (Å²) in [5.74, 6) is 0.531. The standard InChI is InChI=1S/C19H22N4O3/c24-18(15-9-20-17-3-1-2-6-23(17)19(15)25)21-7-8-22-14(10-21)11-26-12-16(22)13-4-5-13/h1-3,6,9,13-14,16H,4-5,7-8,10-12H2/t14-,16-/m1/s1. The second-order valence-electron chi connectivity index (χ2n) is 7.49. The van der Waals surface area contributed by atoms with Crippen LogP contribution in [0.1, 0.15) is 23.2 Å². The smallest absolute Gasteiger partial charge is 0.270 e. The van der Waals surface area contributed by atoms with Gasteiger partial charge in [0.05, 0.1) is 19.3 Å². The van der Waals surface area contributed by atoms with Crippen molar-refractivity contribution in [1.82, 2.24) is 19.2 Å². The van der Waals surface area contributed by atoms with Crippen LogP contribution >= 0.6 is 0 Å². The van der Waals surface area contributed by atoms with Gasteiger partial charge in [-0.1, -0.05) is 6.07 Å². The minimum atomic E-state index is -0.307. The summed E-state index contributed by atoms with van der Waals surface area (Å²) in [7, 11) is 0. The van der Waals surface area contributed by atoms with Gasteiger partial charge in [0.15, 0.2) is 0 Å². The number of rotatable bonds is 2. The van der Waals surface area contributed by atoms with Crippen LogP contribution in [0.5, 0.6) is 0 Å². The molecule has 26 heavy (non-hydrogen) atoms. The summed E-state index contributed by atoms with van der Waals surface area (Å²) >= 11 is 0. The Labute approximate surface area is 151 Å². The number of nitrogens with zero attached hydrogens (tertiary/aromatic N) is 4. The van der Waals surface area contributed by atoms with Crippen molar-refractivity contribution in [2.45, 2.75) is 24.9 Å². The van der Waals surface area contributed by atoms with Crippen molar-refractivity contribution in [3.8, 4) is 0 Å². The van der Waals surface area contributed by atoms with Crippen molar-refractivity contribution in [1.29, 1.82) is 0 Å². The summed E-state index contributed by atoms with van der Waals surface area (Å²) in [5, 5.41) is 0. The van der Waals surface area contributed by atoms with Crippen LogP contribution in [0.15, 0.2) is 35.4 Å². The fraction of sp³-hybridized carbons (Fsp3) is 0.526. The van der Waals surface area contributed by atoms with E-state index in [0.717, 1.165) is 19.1 Å². The predicted octanol–water partition coefficient (Wildman–Crippen LogP) is 0.630. The molecule has 1 aliphatic carbocycles. The van der Waals surface area contributed by atoms with Gasteiger partial charge in [-0.3, -0.25) is 18.9 Å². The average molecular weight is 354 g/mol. The van der Waals surface area contributed by atoms with E-state index in [1.807, 2.05) is 6.07 Å². The molecule has 4 heterocycles. The molecule has 2 saturated heterocycles. The van der Waals surface area contributed by atoms with Gasteiger partial charge in [-0.05, 0) is 30.9 Å². The molecule has 136 valence electrons. The van der Waals surface area contributed by atoms with Crippen molar-refractivity contribution in [2.24, 2.45) is 5.92 Å². The first-order valence-corrected chi connectivity index (χ1v) is 9.31. The van der Waals surface area contributed by atoms with Crippen LogP contribution in [0.25, 0.3) is 5.65 Å². The minimum Gasteiger partial charge on any atom is -0.378 e. The van der Waals surface area contributed by atoms with E-state index >= 15 is 0 Å². The Bertz CT molecular complexity index is 907. The lowest BCUT2D eigenvalue weighted by atomic mass is 10.0. The number of aromatic nitrogens is 2. The van der Waals surface area contributed by atoms with Gasteiger partial charge in [0.25, 0.3) is 11.5 Å². The Morgan fingerprint density at radius 2 is 2.08 bits per heavy atom. The zero-order valence-corrected chi connectivity index (χ0v) is 14.6. The number of hydrogen-bond acceptors (Lipinski definition) is 5. The molecular formula is C19H22N4O3. The quantitative estimate of drug-likeness (QED) is 0.791. The summed E-state index contributed by atoms with van der Waals surface area (Å²) < 4.78 is 7.24. The molecule has 3 aliphatic rings. The SMILES string of the molecule is O=C(c1cnc2ccccn2c1=O)N1CCN2[C@@H](COC[C@@H]2C2CC2)C1. The lowest BCUT2D eigenvalue weighted by Crippen LogP contribution is -2.63. The van der Waals surface area contributed by atoms with E-state index < -0.39 is 0 Å². The minimum absolute atomic E-state index is 0.137. The normalized spacial score (nSPS) is 26.7. The van der Waals surface area contributed by atoms with Gasteiger partial charge in [0.1, 0.15) is 11.2 Å². The molecule has 2 aromatic heterocycles. The molecule has 1 saturated carbocycles. The molecule has 0 N–H and O–H groups in total. The Morgan fingerprint density at radius 3 is 2.92 bits per heavy atom. The number of amides is 1. The maximum atomic E-state index is 13.0. The van der Waals surface area contributed by atoms with E-state index in [9.17, 15) is 9.59 Å². The first-order chi connectivity index (χ1) is 12.7. The lowest BCUT2D eigenvalue weighted by Gasteiger charge is -2.48. The highest BCUT2D eigenvalue weighted by atomic mass is 16.5. The number of piperazine rings is 1. The maximum absolute atomic E-state index is 13.0. The number of ether oxygens (including phenoxy) is 1. The number of carbonyl (C=O) groups is 1. The van der Waals surface area contributed by atoms with Crippen LogP contribution in [-0.4, -0.2) is 70.0 Å². The topological polar surface area (TPSA) is 67.2 Å². The molecule has 7 nitrogen and oxygen atoms in total. The van der Waals surface area contributed by atoms with E-state index in [2.05, 4.69) is 9.88 Å². The van der Waals surface area contributed by atoms with Gasteiger partial charge in [-0.25, -0.2) is 4.98 Å². The molecule has 3 fully saturated rings.